The van der Waals surface area contributed by atoms with Gasteiger partial charge in [0.1, 0.15) is 6.07 Å². The summed E-state index contributed by atoms with van der Waals surface area (Å²) in [6.07, 6.45) is 3.35. The second-order valence-electron chi connectivity index (χ2n) is 8.10. The molecule has 3 aromatic rings. The van der Waals surface area contributed by atoms with Gasteiger partial charge in [-0.15, -0.1) is 0 Å². The third kappa shape index (κ3) is 4.84. The lowest BCUT2D eigenvalue weighted by molar-refractivity contribution is -0.126. The van der Waals surface area contributed by atoms with E-state index in [1.165, 1.54) is 11.8 Å². The summed E-state index contributed by atoms with van der Waals surface area (Å²) < 4.78 is 11.1. The van der Waals surface area contributed by atoms with Crippen LogP contribution in [0, 0.1) is 24.2 Å². The number of aliphatic hydroxyl groups excluding tert-OH is 1. The van der Waals surface area contributed by atoms with Crippen LogP contribution in [0.4, 0.5) is 5.88 Å². The average molecular weight is 434 g/mol. The Hall–Kier alpha value is -3.57. The van der Waals surface area contributed by atoms with Gasteiger partial charge in [-0.3, -0.25) is 4.79 Å². The lowest BCUT2D eigenvalue weighted by atomic mass is 9.95. The summed E-state index contributed by atoms with van der Waals surface area (Å²) in [5, 5.41) is 22.2. The predicted octanol–water partition coefficient (Wildman–Crippen LogP) is 3.05. The van der Waals surface area contributed by atoms with E-state index < -0.39 is 0 Å². The Morgan fingerprint density at radius 2 is 2.06 bits per heavy atom. The van der Waals surface area contributed by atoms with Crippen LogP contribution in [0.25, 0.3) is 11.7 Å². The summed E-state index contributed by atoms with van der Waals surface area (Å²) in [7, 11) is 0. The van der Waals surface area contributed by atoms with E-state index in [1.807, 2.05) is 36.1 Å². The number of nitrogens with one attached hydrogen (secondary N) is 1. The van der Waals surface area contributed by atoms with Gasteiger partial charge in [0.25, 0.3) is 5.89 Å². The molecule has 2 N–H and O–H groups in total. The van der Waals surface area contributed by atoms with Crippen LogP contribution in [-0.4, -0.2) is 41.7 Å². The number of aromatic nitrogens is 1. The highest BCUT2D eigenvalue weighted by Crippen LogP contribution is 2.31. The van der Waals surface area contributed by atoms with E-state index in [2.05, 4.69) is 16.4 Å². The van der Waals surface area contributed by atoms with Gasteiger partial charge in [-0.2, -0.15) is 10.2 Å². The van der Waals surface area contributed by atoms with E-state index in [-0.39, 0.29) is 36.1 Å². The van der Waals surface area contributed by atoms with Gasteiger partial charge in [0.15, 0.2) is 5.76 Å². The topological polar surface area (TPSA) is 116 Å². The van der Waals surface area contributed by atoms with E-state index in [0.717, 1.165) is 5.56 Å². The lowest BCUT2D eigenvalue weighted by Gasteiger charge is -2.31. The van der Waals surface area contributed by atoms with Gasteiger partial charge in [-0.25, -0.2) is 0 Å². The molecule has 8 heteroatoms. The summed E-state index contributed by atoms with van der Waals surface area (Å²) >= 11 is 0. The van der Waals surface area contributed by atoms with Crippen LogP contribution < -0.4 is 10.2 Å². The SMILES string of the molecule is Cc1ccc(C[C@@H](CO)NC(=O)C2CCN(c3oc(-c4ccco4)nc3C#N)CC2)cc1. The summed E-state index contributed by atoms with van der Waals surface area (Å²) in [5.41, 5.74) is 2.46. The van der Waals surface area contributed by atoms with Gasteiger partial charge in [0, 0.05) is 19.0 Å². The third-order valence-corrected chi connectivity index (χ3v) is 5.77. The number of hydrogen-bond donors (Lipinski definition) is 2. The Balaban J connectivity index is 1.34. The molecule has 0 radical (unpaired) electrons. The molecule has 0 spiro atoms. The first kappa shape index (κ1) is 21.7. The van der Waals surface area contributed by atoms with Crippen LogP contribution >= 0.6 is 0 Å². The van der Waals surface area contributed by atoms with Gasteiger partial charge >= 0.3 is 0 Å². The predicted molar refractivity (Wildman–Crippen MR) is 118 cm³/mol. The third-order valence-electron chi connectivity index (χ3n) is 5.77. The molecule has 1 atom stereocenters. The molecule has 0 unspecified atom stereocenters. The van der Waals surface area contributed by atoms with Crippen molar-refractivity contribution in [1.29, 1.82) is 5.26 Å². The minimum atomic E-state index is -0.321. The number of piperidine rings is 1. The van der Waals surface area contributed by atoms with Gasteiger partial charge < -0.3 is 24.2 Å². The van der Waals surface area contributed by atoms with Crippen molar-refractivity contribution in [3.63, 3.8) is 0 Å². The van der Waals surface area contributed by atoms with Gasteiger partial charge in [-0.05, 0) is 43.9 Å². The first-order valence-electron chi connectivity index (χ1n) is 10.7. The zero-order valence-corrected chi connectivity index (χ0v) is 18.0. The van der Waals surface area contributed by atoms with E-state index in [9.17, 15) is 15.2 Å². The fourth-order valence-corrected chi connectivity index (χ4v) is 3.94. The van der Waals surface area contributed by atoms with Crippen LogP contribution in [0.3, 0.4) is 0 Å². The van der Waals surface area contributed by atoms with Crippen LogP contribution in [-0.2, 0) is 11.2 Å². The molecular formula is C24H26N4O4. The Morgan fingerprint density at radius 1 is 1.31 bits per heavy atom. The van der Waals surface area contributed by atoms with Crippen molar-refractivity contribution in [3.05, 3.63) is 59.5 Å². The number of carbonyl (C=O) groups is 1. The zero-order chi connectivity index (χ0) is 22.5. The van der Waals surface area contributed by atoms with Crippen molar-refractivity contribution in [2.24, 2.45) is 5.92 Å². The molecule has 3 heterocycles. The summed E-state index contributed by atoms with van der Waals surface area (Å²) in [4.78, 5) is 19.0. The second kappa shape index (κ2) is 9.71. The first-order valence-corrected chi connectivity index (χ1v) is 10.7. The number of rotatable bonds is 7. The quantitative estimate of drug-likeness (QED) is 0.587. The summed E-state index contributed by atoms with van der Waals surface area (Å²) in [6, 6.07) is 13.3. The van der Waals surface area contributed by atoms with E-state index >= 15 is 0 Å². The molecule has 1 amide bonds. The van der Waals surface area contributed by atoms with Crippen molar-refractivity contribution in [2.45, 2.75) is 32.2 Å². The molecule has 4 rings (SSSR count). The van der Waals surface area contributed by atoms with Crippen LogP contribution in [0.1, 0.15) is 29.7 Å². The fourth-order valence-electron chi connectivity index (χ4n) is 3.94. The number of anilines is 1. The van der Waals surface area contributed by atoms with E-state index in [1.54, 1.807) is 12.1 Å². The minimum absolute atomic E-state index is 0.0508. The van der Waals surface area contributed by atoms with Crippen molar-refractivity contribution in [3.8, 4) is 17.7 Å². The Morgan fingerprint density at radius 3 is 2.69 bits per heavy atom. The number of hydrogen-bond acceptors (Lipinski definition) is 7. The first-order chi connectivity index (χ1) is 15.6. The largest absolute Gasteiger partial charge is 0.459 e. The molecule has 2 aromatic heterocycles. The fraction of sp³-hybridized carbons (Fsp3) is 0.375. The zero-order valence-electron chi connectivity index (χ0n) is 18.0. The molecule has 0 bridgehead atoms. The summed E-state index contributed by atoms with van der Waals surface area (Å²) in [6.45, 7) is 3.05. The Kier molecular flexibility index (Phi) is 6.57. The number of oxazole rings is 1. The number of nitriles is 1. The number of nitrogens with zero attached hydrogens (tertiary/aromatic N) is 3. The van der Waals surface area contributed by atoms with E-state index in [0.29, 0.717) is 44.0 Å². The Bertz CT molecular complexity index is 1070. The maximum Gasteiger partial charge on any atom is 0.266 e. The van der Waals surface area contributed by atoms with Crippen LogP contribution in [0.2, 0.25) is 0 Å². The smallest absolute Gasteiger partial charge is 0.266 e. The Labute approximate surface area is 186 Å². The second-order valence-corrected chi connectivity index (χ2v) is 8.10. The summed E-state index contributed by atoms with van der Waals surface area (Å²) in [5.74, 6) is 0.931. The molecule has 0 saturated carbocycles. The molecule has 0 aliphatic carbocycles. The number of benzene rings is 1. The molecule has 8 nitrogen and oxygen atoms in total. The molecule has 1 aliphatic rings. The van der Waals surface area contributed by atoms with Crippen molar-refractivity contribution < 1.29 is 18.7 Å². The molecule has 1 fully saturated rings. The maximum absolute atomic E-state index is 12.8. The van der Waals surface area contributed by atoms with Gasteiger partial charge in [0.05, 0.1) is 18.9 Å². The minimum Gasteiger partial charge on any atom is -0.459 e. The molecule has 1 saturated heterocycles. The highest BCUT2D eigenvalue weighted by molar-refractivity contribution is 5.79. The number of carbonyl (C=O) groups excluding carboxylic acids is 1. The molecule has 32 heavy (non-hydrogen) atoms. The highest BCUT2D eigenvalue weighted by Gasteiger charge is 2.30. The normalized spacial score (nSPS) is 15.3. The molecule has 166 valence electrons. The van der Waals surface area contributed by atoms with Crippen molar-refractivity contribution in [2.75, 3.05) is 24.6 Å². The molecular weight excluding hydrogens is 408 g/mol. The number of aliphatic hydroxyl groups is 1. The maximum atomic E-state index is 12.8. The standard InChI is InChI=1S/C24H26N4O4/c1-16-4-6-17(7-5-16)13-19(15-29)26-22(30)18-8-10-28(11-9-18)24-20(14-25)27-23(32-24)21-3-2-12-31-21/h2-7,12,18-19,29H,8-11,13,15H2,1H3,(H,26,30)/t19-/m0/s1. The highest BCUT2D eigenvalue weighted by atomic mass is 16.4. The van der Waals surface area contributed by atoms with Crippen LogP contribution in [0.15, 0.2) is 51.5 Å². The molecule has 1 aromatic carbocycles. The number of aryl methyl sites for hydroxylation is 1. The molecule has 1 aliphatic heterocycles. The van der Waals surface area contributed by atoms with Crippen molar-refractivity contribution in [1.82, 2.24) is 10.3 Å². The van der Waals surface area contributed by atoms with Crippen LogP contribution in [0.5, 0.6) is 0 Å². The number of furan rings is 1. The van der Waals surface area contributed by atoms with Crippen molar-refractivity contribution >= 4 is 11.8 Å². The monoisotopic (exact) mass is 434 g/mol. The lowest BCUT2D eigenvalue weighted by Crippen LogP contribution is -2.46. The number of amides is 1. The van der Waals surface area contributed by atoms with E-state index in [4.69, 9.17) is 8.83 Å². The van der Waals surface area contributed by atoms with Gasteiger partial charge in [0.2, 0.25) is 17.5 Å². The average Bonchev–Trinajstić information content (AvgIpc) is 3.50. The van der Waals surface area contributed by atoms with Gasteiger partial charge in [-0.1, -0.05) is 29.8 Å².